The SMILES string of the molecule is CCOC(=O)c1c(NC(=O)[C@H]2[C@@H](C(=O)O)[C@H]3C=C[C@H]2CC3)sc2c1CCCC2. The Kier molecular flexibility index (Phi) is 5.27. The fraction of sp³-hybridized carbons (Fsp3) is 0.571. The second-order valence-electron chi connectivity index (χ2n) is 7.80. The molecule has 150 valence electrons. The first-order valence-electron chi connectivity index (χ1n) is 10.0. The van der Waals surface area contributed by atoms with Gasteiger partial charge in [-0.1, -0.05) is 12.2 Å². The average Bonchev–Trinajstić information content (AvgIpc) is 3.06. The summed E-state index contributed by atoms with van der Waals surface area (Å²) in [6, 6.07) is 0. The summed E-state index contributed by atoms with van der Waals surface area (Å²) in [6.45, 7) is 2.03. The van der Waals surface area contributed by atoms with E-state index >= 15 is 0 Å². The van der Waals surface area contributed by atoms with Crippen molar-refractivity contribution in [2.75, 3.05) is 11.9 Å². The molecule has 1 heterocycles. The molecular formula is C21H25NO5S. The van der Waals surface area contributed by atoms with Crippen LogP contribution in [0.1, 0.15) is 53.4 Å². The number of esters is 1. The number of ether oxygens (including phenoxy) is 1. The number of allylic oxidation sites excluding steroid dienone is 2. The van der Waals surface area contributed by atoms with Crippen LogP contribution in [0, 0.1) is 23.7 Å². The Labute approximate surface area is 168 Å². The molecule has 1 aromatic heterocycles. The monoisotopic (exact) mass is 403 g/mol. The molecule has 0 radical (unpaired) electrons. The number of carboxylic acids is 1. The van der Waals surface area contributed by atoms with E-state index in [2.05, 4.69) is 5.32 Å². The van der Waals surface area contributed by atoms with Crippen LogP contribution in [0.2, 0.25) is 0 Å². The van der Waals surface area contributed by atoms with Gasteiger partial charge >= 0.3 is 11.9 Å². The van der Waals surface area contributed by atoms with Crippen LogP contribution >= 0.6 is 11.3 Å². The molecule has 28 heavy (non-hydrogen) atoms. The zero-order valence-electron chi connectivity index (χ0n) is 15.9. The third kappa shape index (κ3) is 3.26. The second kappa shape index (κ2) is 7.70. The Morgan fingerprint density at radius 2 is 1.82 bits per heavy atom. The molecule has 0 spiro atoms. The molecule has 4 aliphatic rings. The first-order chi connectivity index (χ1) is 13.5. The number of thiophene rings is 1. The van der Waals surface area contributed by atoms with Crippen LogP contribution in [0.15, 0.2) is 12.2 Å². The Morgan fingerprint density at radius 3 is 2.46 bits per heavy atom. The molecule has 0 unspecified atom stereocenters. The van der Waals surface area contributed by atoms with Crippen LogP contribution in [0.5, 0.6) is 0 Å². The standard InChI is InChI=1S/C21H25NO5S/c1-2-27-21(26)17-13-5-3-4-6-14(13)28-19(17)22-18(23)15-11-7-9-12(10-8-11)16(15)20(24)25/h7,9,11-12,15-16H,2-6,8,10H2,1H3,(H,22,23)(H,24,25)/t11-,12-,15+,16-/m0/s1. The van der Waals surface area contributed by atoms with E-state index in [4.69, 9.17) is 4.74 Å². The first-order valence-corrected chi connectivity index (χ1v) is 10.9. The number of aliphatic carboxylic acids is 1. The fourth-order valence-electron chi connectivity index (χ4n) is 4.96. The lowest BCUT2D eigenvalue weighted by atomic mass is 9.62. The quantitative estimate of drug-likeness (QED) is 0.578. The molecule has 5 rings (SSSR count). The van der Waals surface area contributed by atoms with Gasteiger partial charge in [0.2, 0.25) is 5.91 Å². The van der Waals surface area contributed by atoms with Crippen LogP contribution in [0.25, 0.3) is 0 Å². The Morgan fingerprint density at radius 1 is 1.14 bits per heavy atom. The molecule has 1 amide bonds. The average molecular weight is 404 g/mol. The lowest BCUT2D eigenvalue weighted by Crippen LogP contribution is -2.47. The largest absolute Gasteiger partial charge is 0.481 e. The molecule has 4 aliphatic carbocycles. The molecule has 4 atom stereocenters. The maximum Gasteiger partial charge on any atom is 0.341 e. The number of rotatable bonds is 5. The van der Waals surface area contributed by atoms with E-state index in [1.165, 1.54) is 11.3 Å². The van der Waals surface area contributed by atoms with Crippen molar-refractivity contribution in [3.63, 3.8) is 0 Å². The van der Waals surface area contributed by atoms with E-state index in [0.717, 1.165) is 49.0 Å². The predicted molar refractivity (Wildman–Crippen MR) is 106 cm³/mol. The highest BCUT2D eigenvalue weighted by Crippen LogP contribution is 2.46. The van der Waals surface area contributed by atoms with Gasteiger partial charge in [0.25, 0.3) is 0 Å². The van der Waals surface area contributed by atoms with Crippen molar-refractivity contribution >= 4 is 34.2 Å². The molecule has 0 aliphatic heterocycles. The lowest BCUT2D eigenvalue weighted by molar-refractivity contribution is -0.151. The minimum Gasteiger partial charge on any atom is -0.481 e. The first kappa shape index (κ1) is 19.2. The summed E-state index contributed by atoms with van der Waals surface area (Å²) in [5.74, 6) is -3.09. The fourth-order valence-corrected chi connectivity index (χ4v) is 6.24. The number of amides is 1. The van der Waals surface area contributed by atoms with E-state index in [1.807, 2.05) is 12.2 Å². The Hall–Kier alpha value is -2.15. The molecule has 0 aromatic carbocycles. The highest BCUT2D eigenvalue weighted by atomic mass is 32.1. The number of hydrogen-bond acceptors (Lipinski definition) is 5. The van der Waals surface area contributed by atoms with Crippen molar-refractivity contribution in [1.82, 2.24) is 0 Å². The van der Waals surface area contributed by atoms with Gasteiger partial charge in [-0.05, 0) is 62.8 Å². The lowest BCUT2D eigenvalue weighted by Gasteiger charge is -2.41. The number of carboxylic acid groups (broad SMARTS) is 1. The summed E-state index contributed by atoms with van der Waals surface area (Å²) < 4.78 is 5.24. The minimum atomic E-state index is -0.921. The molecule has 0 saturated heterocycles. The molecular weight excluding hydrogens is 378 g/mol. The number of hydrogen-bond donors (Lipinski definition) is 2. The van der Waals surface area contributed by atoms with Gasteiger partial charge in [-0.15, -0.1) is 11.3 Å². The van der Waals surface area contributed by atoms with Crippen molar-refractivity contribution in [2.45, 2.75) is 45.4 Å². The third-order valence-corrected chi connectivity index (χ3v) is 7.43. The maximum atomic E-state index is 13.2. The van der Waals surface area contributed by atoms with Crippen molar-refractivity contribution in [3.05, 3.63) is 28.2 Å². The number of anilines is 1. The third-order valence-electron chi connectivity index (χ3n) is 6.22. The number of carbonyl (C=O) groups excluding carboxylic acids is 2. The second-order valence-corrected chi connectivity index (χ2v) is 8.91. The van der Waals surface area contributed by atoms with Crippen molar-refractivity contribution in [3.8, 4) is 0 Å². The summed E-state index contributed by atoms with van der Waals surface area (Å²) in [5.41, 5.74) is 1.46. The smallest absolute Gasteiger partial charge is 0.341 e. The van der Waals surface area contributed by atoms with Crippen LogP contribution < -0.4 is 5.32 Å². The van der Waals surface area contributed by atoms with Gasteiger partial charge in [-0.2, -0.15) is 0 Å². The summed E-state index contributed by atoms with van der Waals surface area (Å²) in [6.07, 6.45) is 9.37. The van der Waals surface area contributed by atoms with Gasteiger partial charge in [-0.25, -0.2) is 4.79 Å². The zero-order chi connectivity index (χ0) is 19.8. The molecule has 2 bridgehead atoms. The van der Waals surface area contributed by atoms with Gasteiger partial charge in [0, 0.05) is 4.88 Å². The van der Waals surface area contributed by atoms with Crippen LogP contribution in [-0.4, -0.2) is 29.6 Å². The summed E-state index contributed by atoms with van der Waals surface area (Å²) in [4.78, 5) is 38.7. The summed E-state index contributed by atoms with van der Waals surface area (Å²) in [7, 11) is 0. The van der Waals surface area contributed by atoms with Gasteiger partial charge in [0.05, 0.1) is 24.0 Å². The normalized spacial score (nSPS) is 27.9. The number of aryl methyl sites for hydroxylation is 1. The molecule has 1 fully saturated rings. The highest BCUT2D eigenvalue weighted by Gasteiger charge is 2.48. The molecule has 1 aromatic rings. The topological polar surface area (TPSA) is 92.7 Å². The van der Waals surface area contributed by atoms with E-state index in [1.54, 1.807) is 6.92 Å². The van der Waals surface area contributed by atoms with Crippen molar-refractivity contribution < 1.29 is 24.2 Å². The van der Waals surface area contributed by atoms with Crippen molar-refractivity contribution in [1.29, 1.82) is 0 Å². The van der Waals surface area contributed by atoms with E-state index in [-0.39, 0.29) is 24.3 Å². The molecule has 7 heteroatoms. The van der Waals surface area contributed by atoms with Crippen LogP contribution in [0.3, 0.4) is 0 Å². The summed E-state index contributed by atoms with van der Waals surface area (Å²) >= 11 is 1.44. The van der Waals surface area contributed by atoms with E-state index in [9.17, 15) is 19.5 Å². The highest BCUT2D eigenvalue weighted by molar-refractivity contribution is 7.17. The van der Waals surface area contributed by atoms with E-state index < -0.39 is 23.8 Å². The van der Waals surface area contributed by atoms with Gasteiger partial charge in [-0.3, -0.25) is 9.59 Å². The van der Waals surface area contributed by atoms with Gasteiger partial charge in [0.1, 0.15) is 5.00 Å². The van der Waals surface area contributed by atoms with Gasteiger partial charge < -0.3 is 15.2 Å². The maximum absolute atomic E-state index is 13.2. The number of fused-ring (bicyclic) bond motifs is 3. The van der Waals surface area contributed by atoms with Gasteiger partial charge in [0.15, 0.2) is 0 Å². The van der Waals surface area contributed by atoms with Crippen molar-refractivity contribution in [2.24, 2.45) is 23.7 Å². The minimum absolute atomic E-state index is 0.0632. The predicted octanol–water partition coefficient (Wildman–Crippen LogP) is 3.66. The zero-order valence-corrected chi connectivity index (χ0v) is 16.7. The molecule has 1 saturated carbocycles. The molecule has 6 nitrogen and oxygen atoms in total. The molecule has 2 N–H and O–H groups in total. The number of nitrogens with one attached hydrogen (secondary N) is 1. The Bertz CT molecular complexity index is 842. The number of carbonyl (C=O) groups is 3. The van der Waals surface area contributed by atoms with Crippen LogP contribution in [-0.2, 0) is 27.2 Å². The Balaban J connectivity index is 1.64. The van der Waals surface area contributed by atoms with Crippen LogP contribution in [0.4, 0.5) is 5.00 Å². The van der Waals surface area contributed by atoms with E-state index in [0.29, 0.717) is 10.6 Å². The summed E-state index contributed by atoms with van der Waals surface area (Å²) in [5, 5.41) is 13.2.